The number of hydrogen-bond donors (Lipinski definition) is 0. The molecule has 0 atom stereocenters. The Morgan fingerprint density at radius 2 is 2.12 bits per heavy atom. The lowest BCUT2D eigenvalue weighted by Crippen LogP contribution is -2.19. The Balaban J connectivity index is 2.04. The molecule has 0 aliphatic rings. The van der Waals surface area contributed by atoms with E-state index in [-0.39, 0.29) is 11.2 Å². The topological polar surface area (TPSA) is 93.6 Å². The van der Waals surface area contributed by atoms with Crippen LogP contribution in [0.3, 0.4) is 0 Å². The molecule has 1 aromatic carbocycles. The summed E-state index contributed by atoms with van der Waals surface area (Å²) in [5.41, 5.74) is 0.731. The van der Waals surface area contributed by atoms with Gasteiger partial charge in [-0.1, -0.05) is 6.07 Å². The van der Waals surface area contributed by atoms with Crippen molar-refractivity contribution in [2.45, 2.75) is 6.92 Å². The van der Waals surface area contributed by atoms with E-state index in [0.29, 0.717) is 27.3 Å². The van der Waals surface area contributed by atoms with Crippen molar-refractivity contribution in [1.82, 2.24) is 9.66 Å². The smallest absolute Gasteiger partial charge is 0.293 e. The minimum atomic E-state index is -0.441. The van der Waals surface area contributed by atoms with Crippen LogP contribution in [0.4, 0.5) is 11.4 Å². The van der Waals surface area contributed by atoms with Crippen molar-refractivity contribution in [3.05, 3.63) is 61.5 Å². The number of rotatable bonds is 4. The van der Waals surface area contributed by atoms with Crippen LogP contribution in [0, 0.1) is 17.0 Å². The summed E-state index contributed by atoms with van der Waals surface area (Å²) in [7, 11) is 3.47. The Hall–Kier alpha value is -3.07. The van der Waals surface area contributed by atoms with E-state index in [1.165, 1.54) is 28.3 Å². The predicted octanol–water partition coefficient (Wildman–Crippen LogP) is 2.62. The van der Waals surface area contributed by atoms with Gasteiger partial charge in [-0.15, -0.1) is 11.3 Å². The van der Waals surface area contributed by atoms with Crippen LogP contribution in [0.2, 0.25) is 0 Å². The van der Waals surface area contributed by atoms with Crippen LogP contribution in [-0.4, -0.2) is 34.9 Å². The molecule has 0 unspecified atom stereocenters. The molecule has 3 aromatic rings. The highest BCUT2D eigenvalue weighted by atomic mass is 32.1. The highest BCUT2D eigenvalue weighted by Crippen LogP contribution is 2.27. The van der Waals surface area contributed by atoms with Gasteiger partial charge in [0.1, 0.15) is 16.3 Å². The standard InChI is InChI=1S/C16H15N5O3S/c1-10-18-15-12(6-7-25-15)16(22)20(10)17-9-11-4-5-13(19(2)3)14(8-11)21(23)24/h4-9H,1-3H3/b17-9-. The summed E-state index contributed by atoms with van der Waals surface area (Å²) in [6.07, 6.45) is 1.42. The van der Waals surface area contributed by atoms with E-state index in [9.17, 15) is 14.9 Å². The molecule has 0 saturated heterocycles. The molecule has 0 fully saturated rings. The number of aryl methyl sites for hydroxylation is 1. The molecule has 9 heteroatoms. The third-order valence-electron chi connectivity index (χ3n) is 3.64. The lowest BCUT2D eigenvalue weighted by atomic mass is 10.2. The van der Waals surface area contributed by atoms with Gasteiger partial charge in [-0.25, -0.2) is 4.98 Å². The van der Waals surface area contributed by atoms with E-state index in [4.69, 9.17) is 0 Å². The van der Waals surface area contributed by atoms with E-state index in [0.717, 1.165) is 0 Å². The van der Waals surface area contributed by atoms with Crippen molar-refractivity contribution >= 4 is 39.1 Å². The molecule has 0 aliphatic heterocycles. The Morgan fingerprint density at radius 1 is 1.36 bits per heavy atom. The summed E-state index contributed by atoms with van der Waals surface area (Å²) in [6.45, 7) is 1.69. The average Bonchev–Trinajstić information content (AvgIpc) is 3.02. The van der Waals surface area contributed by atoms with Crippen LogP contribution < -0.4 is 10.5 Å². The number of fused-ring (bicyclic) bond motifs is 1. The van der Waals surface area contributed by atoms with Gasteiger partial charge in [0.05, 0.1) is 16.5 Å². The van der Waals surface area contributed by atoms with Gasteiger partial charge in [0.25, 0.3) is 11.2 Å². The van der Waals surface area contributed by atoms with Gasteiger partial charge in [0, 0.05) is 25.7 Å². The Kier molecular flexibility index (Phi) is 4.32. The molecule has 2 heterocycles. The zero-order chi connectivity index (χ0) is 18.1. The maximum atomic E-state index is 12.5. The van der Waals surface area contributed by atoms with Crippen LogP contribution in [0.25, 0.3) is 10.2 Å². The lowest BCUT2D eigenvalue weighted by molar-refractivity contribution is -0.384. The quantitative estimate of drug-likeness (QED) is 0.406. The SMILES string of the molecule is Cc1nc2sccc2c(=O)n1/N=C\c1ccc(N(C)C)c([N+](=O)[O-])c1. The van der Waals surface area contributed by atoms with Crippen molar-refractivity contribution in [2.75, 3.05) is 19.0 Å². The summed E-state index contributed by atoms with van der Waals surface area (Å²) in [4.78, 5) is 29.9. The number of hydrogen-bond acceptors (Lipinski definition) is 7. The second-order valence-electron chi connectivity index (χ2n) is 5.56. The van der Waals surface area contributed by atoms with E-state index < -0.39 is 4.92 Å². The maximum absolute atomic E-state index is 12.5. The van der Waals surface area contributed by atoms with Crippen molar-refractivity contribution in [2.24, 2.45) is 5.10 Å². The van der Waals surface area contributed by atoms with E-state index in [1.807, 2.05) is 0 Å². The third kappa shape index (κ3) is 3.13. The minimum absolute atomic E-state index is 0.0237. The Morgan fingerprint density at radius 3 is 2.80 bits per heavy atom. The normalized spacial score (nSPS) is 11.3. The van der Waals surface area contributed by atoms with Gasteiger partial charge in [-0.05, 0) is 24.4 Å². The van der Waals surface area contributed by atoms with E-state index in [2.05, 4.69) is 10.1 Å². The fourth-order valence-electron chi connectivity index (χ4n) is 2.41. The van der Waals surface area contributed by atoms with Gasteiger partial charge in [0.15, 0.2) is 0 Å². The van der Waals surface area contributed by atoms with Crippen LogP contribution in [0.5, 0.6) is 0 Å². The molecule has 0 radical (unpaired) electrons. The first-order valence-electron chi connectivity index (χ1n) is 7.35. The predicted molar refractivity (Wildman–Crippen MR) is 99.0 cm³/mol. The van der Waals surface area contributed by atoms with Crippen molar-refractivity contribution in [3.8, 4) is 0 Å². The molecule has 0 bridgehead atoms. The number of nitrogens with zero attached hydrogens (tertiary/aromatic N) is 5. The first kappa shape index (κ1) is 16.8. The summed E-state index contributed by atoms with van der Waals surface area (Å²) in [6, 6.07) is 6.49. The third-order valence-corrected chi connectivity index (χ3v) is 4.44. The zero-order valence-corrected chi connectivity index (χ0v) is 14.6. The molecule has 0 aliphatic carbocycles. The summed E-state index contributed by atoms with van der Waals surface area (Å²) < 4.78 is 1.20. The molecular weight excluding hydrogens is 342 g/mol. The molecule has 3 rings (SSSR count). The first-order chi connectivity index (χ1) is 11.9. The van der Waals surface area contributed by atoms with Crippen LogP contribution in [0.15, 0.2) is 39.5 Å². The van der Waals surface area contributed by atoms with Gasteiger partial charge in [0.2, 0.25) is 0 Å². The molecule has 128 valence electrons. The van der Waals surface area contributed by atoms with Crippen molar-refractivity contribution < 1.29 is 4.92 Å². The number of benzene rings is 1. The van der Waals surface area contributed by atoms with E-state index >= 15 is 0 Å². The highest BCUT2D eigenvalue weighted by molar-refractivity contribution is 7.16. The van der Waals surface area contributed by atoms with Gasteiger partial charge < -0.3 is 4.90 Å². The van der Waals surface area contributed by atoms with Gasteiger partial charge >= 0.3 is 0 Å². The number of nitro groups is 1. The summed E-state index contributed by atoms with van der Waals surface area (Å²) in [5.74, 6) is 0.454. The summed E-state index contributed by atoms with van der Waals surface area (Å²) in [5, 5.41) is 17.7. The minimum Gasteiger partial charge on any atom is -0.372 e. The van der Waals surface area contributed by atoms with Crippen LogP contribution in [0.1, 0.15) is 11.4 Å². The molecule has 0 N–H and O–H groups in total. The molecule has 0 amide bonds. The van der Waals surface area contributed by atoms with E-state index in [1.54, 1.807) is 49.5 Å². The Bertz CT molecular complexity index is 1050. The molecule has 0 saturated carbocycles. The molecule has 2 aromatic heterocycles. The number of aromatic nitrogens is 2. The Labute approximate surface area is 146 Å². The summed E-state index contributed by atoms with van der Waals surface area (Å²) >= 11 is 1.39. The largest absolute Gasteiger partial charge is 0.372 e. The molecule has 25 heavy (non-hydrogen) atoms. The van der Waals surface area contributed by atoms with Crippen molar-refractivity contribution in [3.63, 3.8) is 0 Å². The van der Waals surface area contributed by atoms with Gasteiger partial charge in [-0.2, -0.15) is 9.78 Å². The van der Waals surface area contributed by atoms with Crippen molar-refractivity contribution in [1.29, 1.82) is 0 Å². The second kappa shape index (κ2) is 6.44. The van der Waals surface area contributed by atoms with Crippen LogP contribution in [-0.2, 0) is 0 Å². The number of anilines is 1. The molecule has 8 nitrogen and oxygen atoms in total. The zero-order valence-electron chi connectivity index (χ0n) is 13.8. The van der Waals surface area contributed by atoms with Gasteiger partial charge in [-0.3, -0.25) is 14.9 Å². The number of nitro benzene ring substituents is 1. The maximum Gasteiger partial charge on any atom is 0.293 e. The highest BCUT2D eigenvalue weighted by Gasteiger charge is 2.15. The molecule has 0 spiro atoms. The first-order valence-corrected chi connectivity index (χ1v) is 8.23. The monoisotopic (exact) mass is 357 g/mol. The second-order valence-corrected chi connectivity index (χ2v) is 6.45. The average molecular weight is 357 g/mol. The molecular formula is C16H15N5O3S. The fourth-order valence-corrected chi connectivity index (χ4v) is 3.21. The fraction of sp³-hybridized carbons (Fsp3) is 0.188. The number of thiophene rings is 1. The lowest BCUT2D eigenvalue weighted by Gasteiger charge is -2.12. The van der Waals surface area contributed by atoms with Crippen LogP contribution >= 0.6 is 11.3 Å².